The summed E-state index contributed by atoms with van der Waals surface area (Å²) in [5.74, 6) is 1.05. The van der Waals surface area contributed by atoms with E-state index in [4.69, 9.17) is 9.47 Å². The molecule has 4 nitrogen and oxygen atoms in total. The highest BCUT2D eigenvalue weighted by atomic mass is 16.5. The summed E-state index contributed by atoms with van der Waals surface area (Å²) < 4.78 is 11.0. The first-order valence-electron chi connectivity index (χ1n) is 9.93. The van der Waals surface area contributed by atoms with E-state index in [1.54, 1.807) is 0 Å². The molecule has 0 aromatic heterocycles. The van der Waals surface area contributed by atoms with E-state index < -0.39 is 0 Å². The number of hydrogen-bond acceptors (Lipinski definition) is 4. The molecule has 0 N–H and O–H groups in total. The van der Waals surface area contributed by atoms with Gasteiger partial charge in [0.2, 0.25) is 0 Å². The van der Waals surface area contributed by atoms with Crippen LogP contribution < -0.4 is 0 Å². The lowest BCUT2D eigenvalue weighted by molar-refractivity contribution is -0.153. The summed E-state index contributed by atoms with van der Waals surface area (Å²) in [6, 6.07) is 0. The minimum absolute atomic E-state index is 0.0254. The van der Waals surface area contributed by atoms with Gasteiger partial charge in [0.1, 0.15) is 11.9 Å². The van der Waals surface area contributed by atoms with Gasteiger partial charge in [-0.1, -0.05) is 37.6 Å². The van der Waals surface area contributed by atoms with Crippen LogP contribution in [0.25, 0.3) is 0 Å². The Bertz CT molecular complexity index is 814. The molecule has 1 unspecified atom stereocenters. The number of ether oxygens (including phenoxy) is 2. The molecule has 0 spiro atoms. The molecule has 5 atom stereocenters. The average Bonchev–Trinajstić information content (AvgIpc) is 2.91. The average molecular weight is 368 g/mol. The molecule has 27 heavy (non-hydrogen) atoms. The minimum atomic E-state index is -0.293. The second-order valence-electron chi connectivity index (χ2n) is 8.87. The fraction of sp³-hybridized carbons (Fsp3) is 0.565. The van der Waals surface area contributed by atoms with Gasteiger partial charge in [0, 0.05) is 24.7 Å². The molecule has 4 rings (SSSR count). The van der Waals surface area contributed by atoms with Crippen molar-refractivity contribution in [2.45, 2.75) is 59.5 Å². The van der Waals surface area contributed by atoms with Crippen molar-refractivity contribution < 1.29 is 19.1 Å². The Hall–Kier alpha value is -2.10. The van der Waals surface area contributed by atoms with Crippen LogP contribution in [0.15, 0.2) is 47.3 Å². The van der Waals surface area contributed by atoms with Crippen molar-refractivity contribution in [2.24, 2.45) is 22.7 Å². The monoisotopic (exact) mass is 368 g/mol. The van der Waals surface area contributed by atoms with Crippen molar-refractivity contribution in [2.75, 3.05) is 0 Å². The second kappa shape index (κ2) is 6.22. The van der Waals surface area contributed by atoms with Gasteiger partial charge < -0.3 is 9.47 Å². The number of esters is 2. The van der Waals surface area contributed by atoms with Gasteiger partial charge >= 0.3 is 11.9 Å². The second-order valence-corrected chi connectivity index (χ2v) is 8.87. The Balaban J connectivity index is 1.67. The first-order valence-corrected chi connectivity index (χ1v) is 9.93. The van der Waals surface area contributed by atoms with Crippen LogP contribution in [0.3, 0.4) is 0 Å². The molecule has 144 valence electrons. The lowest BCUT2D eigenvalue weighted by Gasteiger charge is -2.51. The number of rotatable bonds is 2. The highest BCUT2D eigenvalue weighted by Crippen LogP contribution is 2.62. The molecular formula is C23H28O4. The molecule has 0 bridgehead atoms. The summed E-state index contributed by atoms with van der Waals surface area (Å²) in [6.07, 6.45) is 14.8. The highest BCUT2D eigenvalue weighted by molar-refractivity contribution is 5.68. The first kappa shape index (κ1) is 18.3. The normalized spacial score (nSPS) is 39.3. The molecule has 0 heterocycles. The predicted molar refractivity (Wildman–Crippen MR) is 102 cm³/mol. The third-order valence-electron chi connectivity index (χ3n) is 7.29. The Morgan fingerprint density at radius 3 is 2.52 bits per heavy atom. The van der Waals surface area contributed by atoms with E-state index in [-0.39, 0.29) is 28.9 Å². The molecule has 2 saturated carbocycles. The lowest BCUT2D eigenvalue weighted by atomic mass is 9.53. The zero-order chi connectivity index (χ0) is 19.4. The van der Waals surface area contributed by atoms with E-state index in [0.29, 0.717) is 17.6 Å². The standard InChI is InChI=1S/C23H28O4/c1-14(24)26-17-9-11-22(3)16(13-17)5-6-18-19-7-8-21(27-15(2)25)23(19,4)12-10-20(18)22/h5-6,9,11,13,19-21H,7-8,10,12H2,1-4H3/t19-,20-,21?,22-,23-/m0/s1. The van der Waals surface area contributed by atoms with Crippen LogP contribution in [0, 0.1) is 22.7 Å². The summed E-state index contributed by atoms with van der Waals surface area (Å²) in [7, 11) is 0. The smallest absolute Gasteiger partial charge is 0.308 e. The van der Waals surface area contributed by atoms with Crippen molar-refractivity contribution in [3.05, 3.63) is 47.3 Å². The summed E-state index contributed by atoms with van der Waals surface area (Å²) in [5.41, 5.74) is 2.66. The Labute approximate surface area is 161 Å². The van der Waals surface area contributed by atoms with Gasteiger partial charge in [-0.05, 0) is 55.2 Å². The quantitative estimate of drug-likeness (QED) is 0.667. The molecule has 0 aliphatic heterocycles. The van der Waals surface area contributed by atoms with Crippen molar-refractivity contribution >= 4 is 11.9 Å². The SMILES string of the molecule is CC(=O)OC1=CC2=CC=C3[C@H](CC[C@]4(C)C(OC(C)=O)CC[C@@H]34)[C@@]2(C)C=C1. The van der Waals surface area contributed by atoms with Crippen LogP contribution >= 0.6 is 0 Å². The van der Waals surface area contributed by atoms with Crippen LogP contribution in [0.2, 0.25) is 0 Å². The summed E-state index contributed by atoms with van der Waals surface area (Å²) in [6.45, 7) is 7.52. The van der Waals surface area contributed by atoms with Gasteiger partial charge in [0.25, 0.3) is 0 Å². The summed E-state index contributed by atoms with van der Waals surface area (Å²) in [5, 5.41) is 0. The van der Waals surface area contributed by atoms with Crippen molar-refractivity contribution in [3.8, 4) is 0 Å². The van der Waals surface area contributed by atoms with E-state index in [2.05, 4.69) is 32.1 Å². The Morgan fingerprint density at radius 1 is 1.04 bits per heavy atom. The number of hydrogen-bond donors (Lipinski definition) is 0. The Kier molecular flexibility index (Phi) is 4.21. The molecular weight excluding hydrogens is 340 g/mol. The van der Waals surface area contributed by atoms with Crippen LogP contribution in [0.1, 0.15) is 53.4 Å². The number of carbonyl (C=O) groups is 2. The van der Waals surface area contributed by atoms with E-state index >= 15 is 0 Å². The third-order valence-corrected chi connectivity index (χ3v) is 7.29. The highest BCUT2D eigenvalue weighted by Gasteiger charge is 2.56. The maximum absolute atomic E-state index is 11.5. The maximum atomic E-state index is 11.5. The minimum Gasteiger partial charge on any atom is -0.462 e. The van der Waals surface area contributed by atoms with E-state index in [1.165, 1.54) is 25.0 Å². The molecule has 4 aliphatic carbocycles. The number of carbonyl (C=O) groups excluding carboxylic acids is 2. The Morgan fingerprint density at radius 2 is 1.81 bits per heavy atom. The van der Waals surface area contributed by atoms with Gasteiger partial charge in [-0.15, -0.1) is 0 Å². The van der Waals surface area contributed by atoms with Gasteiger partial charge in [0.15, 0.2) is 0 Å². The third kappa shape index (κ3) is 2.81. The lowest BCUT2D eigenvalue weighted by Crippen LogP contribution is -2.45. The van der Waals surface area contributed by atoms with Crippen molar-refractivity contribution in [1.29, 1.82) is 0 Å². The zero-order valence-electron chi connectivity index (χ0n) is 16.6. The summed E-state index contributed by atoms with van der Waals surface area (Å²) >= 11 is 0. The molecule has 4 aliphatic rings. The van der Waals surface area contributed by atoms with Crippen LogP contribution in [-0.4, -0.2) is 18.0 Å². The first-order chi connectivity index (χ1) is 12.7. The van der Waals surface area contributed by atoms with Gasteiger partial charge in [0.05, 0.1) is 0 Å². The van der Waals surface area contributed by atoms with Gasteiger partial charge in [-0.2, -0.15) is 0 Å². The molecule has 0 aromatic rings. The largest absolute Gasteiger partial charge is 0.462 e. The van der Waals surface area contributed by atoms with Crippen LogP contribution in [0.5, 0.6) is 0 Å². The molecule has 4 heteroatoms. The van der Waals surface area contributed by atoms with Crippen LogP contribution in [0.4, 0.5) is 0 Å². The van der Waals surface area contributed by atoms with E-state index in [0.717, 1.165) is 25.7 Å². The van der Waals surface area contributed by atoms with Crippen molar-refractivity contribution in [3.63, 3.8) is 0 Å². The summed E-state index contributed by atoms with van der Waals surface area (Å²) in [4.78, 5) is 22.8. The van der Waals surface area contributed by atoms with Crippen LogP contribution in [-0.2, 0) is 19.1 Å². The van der Waals surface area contributed by atoms with Crippen molar-refractivity contribution in [1.82, 2.24) is 0 Å². The predicted octanol–water partition coefficient (Wildman–Crippen LogP) is 4.63. The fourth-order valence-electron chi connectivity index (χ4n) is 5.89. The number of fused-ring (bicyclic) bond motifs is 5. The van der Waals surface area contributed by atoms with E-state index in [1.807, 2.05) is 12.2 Å². The fourth-order valence-corrected chi connectivity index (χ4v) is 5.89. The molecule has 0 saturated heterocycles. The molecule has 2 fully saturated rings. The zero-order valence-corrected chi connectivity index (χ0v) is 16.6. The molecule has 0 amide bonds. The van der Waals surface area contributed by atoms with Gasteiger partial charge in [-0.25, -0.2) is 0 Å². The molecule has 0 radical (unpaired) electrons. The molecule has 0 aromatic carbocycles. The maximum Gasteiger partial charge on any atom is 0.308 e. The topological polar surface area (TPSA) is 52.6 Å². The van der Waals surface area contributed by atoms with E-state index in [9.17, 15) is 9.59 Å². The number of allylic oxidation sites excluding steroid dienone is 7. The van der Waals surface area contributed by atoms with Gasteiger partial charge in [-0.3, -0.25) is 9.59 Å².